The second-order valence-corrected chi connectivity index (χ2v) is 14.8. The normalized spacial score (nSPS) is 19.0. The molecule has 0 unspecified atom stereocenters. The van der Waals surface area contributed by atoms with E-state index in [-0.39, 0.29) is 23.3 Å². The molecule has 14 heteroatoms. The summed E-state index contributed by atoms with van der Waals surface area (Å²) < 4.78 is 102. The monoisotopic (exact) mass is 740 g/mol. The van der Waals surface area contributed by atoms with Crippen LogP contribution in [-0.2, 0) is 35.8 Å². The lowest BCUT2D eigenvalue weighted by Crippen LogP contribution is -2.34. The maximum absolute atomic E-state index is 13.9. The molecule has 52 heavy (non-hydrogen) atoms. The summed E-state index contributed by atoms with van der Waals surface area (Å²) in [5, 5.41) is 0. The molecule has 10 nitrogen and oxygen atoms in total. The Kier molecular flexibility index (Phi) is 9.42. The maximum atomic E-state index is 13.9. The predicted molar refractivity (Wildman–Crippen MR) is 187 cm³/mol. The average Bonchev–Trinajstić information content (AvgIpc) is 3.11. The topological polar surface area (TPSA) is 96.0 Å². The Hall–Kier alpha value is -4.66. The Bertz CT molecular complexity index is 2110. The zero-order chi connectivity index (χ0) is 36.9. The van der Waals surface area contributed by atoms with Crippen LogP contribution < -0.4 is 27.9 Å². The summed E-state index contributed by atoms with van der Waals surface area (Å²) in [6, 6.07) is 18.1. The fourth-order valence-electron chi connectivity index (χ4n) is 7.32. The molecule has 0 aliphatic carbocycles. The van der Waals surface area contributed by atoms with Crippen LogP contribution >= 0.6 is 0 Å². The van der Waals surface area contributed by atoms with Gasteiger partial charge in [-0.15, -0.1) is 0 Å². The highest BCUT2D eigenvalue weighted by Crippen LogP contribution is 2.53. The van der Waals surface area contributed by atoms with Crippen molar-refractivity contribution in [2.75, 3.05) is 48.5 Å². The van der Waals surface area contributed by atoms with E-state index in [1.54, 1.807) is 13.2 Å². The number of nitrogens with zero attached hydrogens (tertiary/aromatic N) is 2. The van der Waals surface area contributed by atoms with E-state index in [9.17, 15) is 21.6 Å². The Labute approximate surface area is 300 Å². The Morgan fingerprint density at radius 3 is 1.98 bits per heavy atom. The standard InChI is InChI=1S/C38H39F3N2O8S/c1-42-14-12-24-19-31(47-4)33-21-27(24)28(42)16-22-6-9-26(10-7-22)49-32-18-23(8-11-30(32)46-3)17-29-35-25(13-15-43(29)2)20-34(48-5)36(37(35)50-33)51-52(44,45)38(39,40)41/h6-11,18-21,28-29H,12-17H2,1-5H3/t28-,29-/m0/s1. The number of benzene rings is 4. The first-order valence-corrected chi connectivity index (χ1v) is 18.2. The molecule has 2 atom stereocenters. The first-order valence-electron chi connectivity index (χ1n) is 16.8. The zero-order valence-electron chi connectivity index (χ0n) is 29.4. The van der Waals surface area contributed by atoms with Gasteiger partial charge in [-0.2, -0.15) is 21.6 Å². The number of hydrogen-bond acceptors (Lipinski definition) is 10. The third-order valence-electron chi connectivity index (χ3n) is 10.1. The Morgan fingerprint density at radius 2 is 1.31 bits per heavy atom. The van der Waals surface area contributed by atoms with Gasteiger partial charge in [-0.05, 0) is 110 Å². The highest BCUT2D eigenvalue weighted by Gasteiger charge is 2.50. The number of rotatable bonds is 5. The fourth-order valence-corrected chi connectivity index (χ4v) is 7.79. The minimum atomic E-state index is -6.15. The van der Waals surface area contributed by atoms with Gasteiger partial charge >= 0.3 is 15.6 Å². The van der Waals surface area contributed by atoms with Crippen molar-refractivity contribution in [3.8, 4) is 46.0 Å². The van der Waals surface area contributed by atoms with E-state index in [0.717, 1.165) is 35.2 Å². The van der Waals surface area contributed by atoms with Gasteiger partial charge in [-0.3, -0.25) is 9.80 Å². The molecule has 0 saturated heterocycles. The van der Waals surface area contributed by atoms with Gasteiger partial charge in [0.05, 0.1) is 21.3 Å². The van der Waals surface area contributed by atoms with Crippen molar-refractivity contribution < 1.29 is 49.5 Å². The largest absolute Gasteiger partial charge is 0.534 e. The summed E-state index contributed by atoms with van der Waals surface area (Å²) in [7, 11) is 2.05. The smallest absolute Gasteiger partial charge is 0.493 e. The molecule has 4 aliphatic heterocycles. The molecule has 0 radical (unpaired) electrons. The molecule has 0 N–H and O–H groups in total. The minimum Gasteiger partial charge on any atom is -0.493 e. The van der Waals surface area contributed by atoms with Crippen LogP contribution in [0, 0.1) is 0 Å². The SMILES string of the molecule is COc1ccc2cc1Oc1ccc(cc1)C[C@H]1c3cc(c(OC)cc3CCN1C)Oc1c(OS(=O)(=O)C(F)(F)F)c(OC)cc3c1[C@H](C2)N(C)CC3. The highest BCUT2D eigenvalue weighted by molar-refractivity contribution is 7.88. The van der Waals surface area contributed by atoms with Crippen molar-refractivity contribution in [2.24, 2.45) is 0 Å². The quantitative estimate of drug-likeness (QED) is 0.152. The average molecular weight is 741 g/mol. The van der Waals surface area contributed by atoms with Gasteiger partial charge in [0.15, 0.2) is 34.5 Å². The van der Waals surface area contributed by atoms with Crippen LogP contribution in [0.1, 0.15) is 45.5 Å². The lowest BCUT2D eigenvalue weighted by molar-refractivity contribution is -0.0501. The van der Waals surface area contributed by atoms with E-state index in [2.05, 4.69) is 4.90 Å². The third kappa shape index (κ3) is 6.59. The van der Waals surface area contributed by atoms with Gasteiger partial charge < -0.3 is 27.9 Å². The van der Waals surface area contributed by atoms with Crippen molar-refractivity contribution in [1.29, 1.82) is 0 Å². The second kappa shape index (κ2) is 13.7. The number of likely N-dealkylation sites (N-methyl/N-ethyl adjacent to an activating group) is 2. The molecule has 4 aliphatic rings. The van der Waals surface area contributed by atoms with E-state index in [4.69, 9.17) is 27.9 Å². The van der Waals surface area contributed by atoms with Crippen LogP contribution in [0.25, 0.3) is 0 Å². The summed E-state index contributed by atoms with van der Waals surface area (Å²) in [6.07, 6.45) is 2.17. The maximum Gasteiger partial charge on any atom is 0.534 e. The van der Waals surface area contributed by atoms with Crippen LogP contribution in [-0.4, -0.2) is 72.2 Å². The lowest BCUT2D eigenvalue weighted by atomic mass is 9.87. The highest BCUT2D eigenvalue weighted by atomic mass is 32.2. The fraction of sp³-hybridized carbons (Fsp3) is 0.368. The van der Waals surface area contributed by atoms with E-state index >= 15 is 0 Å². The van der Waals surface area contributed by atoms with Crippen LogP contribution in [0.2, 0.25) is 0 Å². The first-order chi connectivity index (χ1) is 24.8. The minimum absolute atomic E-state index is 0.0983. The molecular weight excluding hydrogens is 701 g/mol. The number of fused-ring (bicyclic) bond motifs is 2. The summed E-state index contributed by atoms with van der Waals surface area (Å²) in [5.74, 6) is 1.01. The lowest BCUT2D eigenvalue weighted by Gasteiger charge is -2.37. The van der Waals surface area contributed by atoms with Crippen molar-refractivity contribution in [1.82, 2.24) is 9.80 Å². The molecule has 4 aromatic carbocycles. The van der Waals surface area contributed by atoms with Gasteiger partial charge in [-0.25, -0.2) is 0 Å². The van der Waals surface area contributed by atoms with Crippen molar-refractivity contribution >= 4 is 10.1 Å². The molecule has 6 bridgehead atoms. The van der Waals surface area contributed by atoms with Crippen LogP contribution in [0.4, 0.5) is 13.2 Å². The number of halogens is 3. The van der Waals surface area contributed by atoms with Crippen molar-refractivity contribution in [3.05, 3.63) is 94.0 Å². The molecular formula is C38H39F3N2O8S. The van der Waals surface area contributed by atoms with E-state index in [1.165, 1.54) is 20.3 Å². The molecule has 0 amide bonds. The van der Waals surface area contributed by atoms with Gasteiger partial charge in [0.1, 0.15) is 5.75 Å². The molecule has 276 valence electrons. The molecule has 0 aromatic heterocycles. The number of hydrogen-bond donors (Lipinski definition) is 0. The van der Waals surface area contributed by atoms with Gasteiger partial charge in [-0.1, -0.05) is 18.2 Å². The molecule has 4 heterocycles. The first kappa shape index (κ1) is 35.7. The van der Waals surface area contributed by atoms with Crippen LogP contribution in [0.5, 0.6) is 46.0 Å². The van der Waals surface area contributed by atoms with Gasteiger partial charge in [0.2, 0.25) is 5.75 Å². The third-order valence-corrected chi connectivity index (χ3v) is 11.1. The summed E-state index contributed by atoms with van der Waals surface area (Å²) >= 11 is 0. The van der Waals surface area contributed by atoms with Crippen molar-refractivity contribution in [2.45, 2.75) is 43.3 Å². The van der Waals surface area contributed by atoms with Gasteiger partial charge in [0, 0.05) is 30.7 Å². The molecule has 4 aromatic rings. The van der Waals surface area contributed by atoms with Crippen LogP contribution in [0.3, 0.4) is 0 Å². The summed E-state index contributed by atoms with van der Waals surface area (Å²) in [6.45, 7) is 1.37. The Morgan fingerprint density at radius 1 is 0.712 bits per heavy atom. The number of alkyl halides is 3. The zero-order valence-corrected chi connectivity index (χ0v) is 30.2. The van der Waals surface area contributed by atoms with Crippen molar-refractivity contribution in [3.63, 3.8) is 0 Å². The van der Waals surface area contributed by atoms with E-state index in [0.29, 0.717) is 59.9 Å². The molecule has 0 spiro atoms. The molecule has 0 saturated carbocycles. The summed E-state index contributed by atoms with van der Waals surface area (Å²) in [4.78, 5) is 4.28. The van der Waals surface area contributed by atoms with Gasteiger partial charge in [0.25, 0.3) is 0 Å². The van der Waals surface area contributed by atoms with E-state index < -0.39 is 27.4 Å². The van der Waals surface area contributed by atoms with E-state index in [1.807, 2.05) is 67.5 Å². The summed E-state index contributed by atoms with van der Waals surface area (Å²) in [5.41, 5.74) is -0.689. The molecule has 0 fully saturated rings. The predicted octanol–water partition coefficient (Wildman–Crippen LogP) is 7.38. The molecule has 8 rings (SSSR count). The number of ether oxygens (including phenoxy) is 5. The van der Waals surface area contributed by atoms with Crippen LogP contribution in [0.15, 0.2) is 60.7 Å². The second-order valence-electron chi connectivity index (χ2n) is 13.2. The Balaban J connectivity index is 1.51. The number of methoxy groups -OCH3 is 3.